The molecule has 19 heavy (non-hydrogen) atoms. The van der Waals surface area contributed by atoms with Gasteiger partial charge in [0.15, 0.2) is 0 Å². The SMILES string of the molecule is CCN(CC)Cc1cccc(NC(=O)CCN)c1.Cl. The van der Waals surface area contributed by atoms with Gasteiger partial charge in [-0.2, -0.15) is 0 Å². The number of rotatable bonds is 7. The zero-order valence-electron chi connectivity index (χ0n) is 11.7. The molecule has 0 unspecified atom stereocenters. The lowest BCUT2D eigenvalue weighted by molar-refractivity contribution is -0.116. The van der Waals surface area contributed by atoms with Crippen LogP contribution in [0.15, 0.2) is 24.3 Å². The topological polar surface area (TPSA) is 58.4 Å². The molecule has 5 heteroatoms. The number of carbonyl (C=O) groups excluding carboxylic acids is 1. The van der Waals surface area contributed by atoms with E-state index in [-0.39, 0.29) is 18.3 Å². The minimum Gasteiger partial charge on any atom is -0.330 e. The first-order chi connectivity index (χ1) is 8.69. The quantitative estimate of drug-likeness (QED) is 0.808. The second kappa shape index (κ2) is 9.78. The summed E-state index contributed by atoms with van der Waals surface area (Å²) < 4.78 is 0. The van der Waals surface area contributed by atoms with Gasteiger partial charge in [0.25, 0.3) is 0 Å². The first-order valence-electron chi connectivity index (χ1n) is 6.50. The normalized spacial score (nSPS) is 10.1. The molecule has 0 aliphatic rings. The van der Waals surface area contributed by atoms with E-state index in [0.717, 1.165) is 25.3 Å². The maximum absolute atomic E-state index is 11.5. The second-order valence-electron chi connectivity index (χ2n) is 4.25. The van der Waals surface area contributed by atoms with Gasteiger partial charge in [0.2, 0.25) is 5.91 Å². The molecule has 0 fully saturated rings. The molecular weight excluding hydrogens is 262 g/mol. The lowest BCUT2D eigenvalue weighted by Gasteiger charge is -2.18. The molecule has 4 nitrogen and oxygen atoms in total. The van der Waals surface area contributed by atoms with Gasteiger partial charge in [-0.25, -0.2) is 0 Å². The Balaban J connectivity index is 0.00000324. The predicted molar refractivity (Wildman–Crippen MR) is 82.6 cm³/mol. The third-order valence-corrected chi connectivity index (χ3v) is 2.88. The van der Waals surface area contributed by atoms with E-state index in [1.807, 2.05) is 18.2 Å². The Morgan fingerprint density at radius 1 is 1.32 bits per heavy atom. The summed E-state index contributed by atoms with van der Waals surface area (Å²) in [5.41, 5.74) is 7.41. The number of carbonyl (C=O) groups is 1. The van der Waals surface area contributed by atoms with Crippen molar-refractivity contribution < 1.29 is 4.79 Å². The largest absolute Gasteiger partial charge is 0.330 e. The molecule has 0 aliphatic heterocycles. The molecule has 0 atom stereocenters. The Morgan fingerprint density at radius 3 is 2.58 bits per heavy atom. The summed E-state index contributed by atoms with van der Waals surface area (Å²) in [4.78, 5) is 13.8. The van der Waals surface area contributed by atoms with Crippen LogP contribution in [0.2, 0.25) is 0 Å². The molecule has 0 heterocycles. The van der Waals surface area contributed by atoms with Crippen LogP contribution in [-0.2, 0) is 11.3 Å². The number of amides is 1. The summed E-state index contributed by atoms with van der Waals surface area (Å²) in [6, 6.07) is 7.97. The summed E-state index contributed by atoms with van der Waals surface area (Å²) in [6.07, 6.45) is 0.361. The maximum atomic E-state index is 11.5. The minimum atomic E-state index is -0.0301. The van der Waals surface area contributed by atoms with Crippen molar-refractivity contribution in [1.29, 1.82) is 0 Å². The molecule has 1 aromatic carbocycles. The molecular formula is C14H24ClN3O. The number of halogens is 1. The highest BCUT2D eigenvalue weighted by Gasteiger charge is 2.04. The predicted octanol–water partition coefficient (Wildman–Crippen LogP) is 2.24. The van der Waals surface area contributed by atoms with Gasteiger partial charge < -0.3 is 11.1 Å². The standard InChI is InChI=1S/C14H23N3O.ClH/c1-3-17(4-2)11-12-6-5-7-13(10-12)16-14(18)8-9-15;/h5-7,10H,3-4,8-9,11,15H2,1-2H3,(H,16,18);1H. The Kier molecular flexibility index (Phi) is 9.21. The van der Waals surface area contributed by atoms with Crippen molar-refractivity contribution in [3.05, 3.63) is 29.8 Å². The zero-order valence-corrected chi connectivity index (χ0v) is 12.5. The number of hydrogen-bond acceptors (Lipinski definition) is 3. The molecule has 1 amide bonds. The van der Waals surface area contributed by atoms with Crippen LogP contribution >= 0.6 is 12.4 Å². The third-order valence-electron chi connectivity index (χ3n) is 2.88. The van der Waals surface area contributed by atoms with Crippen molar-refractivity contribution in [2.75, 3.05) is 25.0 Å². The Bertz CT molecular complexity index is 381. The van der Waals surface area contributed by atoms with Crippen LogP contribution in [0.25, 0.3) is 0 Å². The van der Waals surface area contributed by atoms with Crippen LogP contribution in [0.5, 0.6) is 0 Å². The Morgan fingerprint density at radius 2 is 2.00 bits per heavy atom. The summed E-state index contributed by atoms with van der Waals surface area (Å²) in [5, 5.41) is 2.86. The van der Waals surface area contributed by atoms with Crippen molar-refractivity contribution in [1.82, 2.24) is 4.90 Å². The fourth-order valence-corrected chi connectivity index (χ4v) is 1.81. The Hall–Kier alpha value is -1.10. The van der Waals surface area contributed by atoms with Crippen LogP contribution < -0.4 is 11.1 Å². The van der Waals surface area contributed by atoms with E-state index in [2.05, 4.69) is 30.1 Å². The second-order valence-corrected chi connectivity index (χ2v) is 4.25. The first-order valence-corrected chi connectivity index (χ1v) is 6.50. The number of nitrogens with one attached hydrogen (secondary N) is 1. The molecule has 0 bridgehead atoms. The van der Waals surface area contributed by atoms with Gasteiger partial charge in [-0.15, -0.1) is 12.4 Å². The fraction of sp³-hybridized carbons (Fsp3) is 0.500. The molecule has 0 saturated carbocycles. The maximum Gasteiger partial charge on any atom is 0.225 e. The van der Waals surface area contributed by atoms with Gasteiger partial charge in [0.05, 0.1) is 0 Å². The van der Waals surface area contributed by atoms with E-state index in [4.69, 9.17) is 5.73 Å². The van der Waals surface area contributed by atoms with Gasteiger partial charge in [0, 0.05) is 25.2 Å². The zero-order chi connectivity index (χ0) is 13.4. The highest BCUT2D eigenvalue weighted by Crippen LogP contribution is 2.12. The smallest absolute Gasteiger partial charge is 0.225 e. The van der Waals surface area contributed by atoms with Gasteiger partial charge >= 0.3 is 0 Å². The fourth-order valence-electron chi connectivity index (χ4n) is 1.81. The Labute approximate surface area is 121 Å². The van der Waals surface area contributed by atoms with Crippen LogP contribution in [0.3, 0.4) is 0 Å². The van der Waals surface area contributed by atoms with E-state index < -0.39 is 0 Å². The molecule has 1 rings (SSSR count). The van der Waals surface area contributed by atoms with Crippen molar-refractivity contribution in [2.45, 2.75) is 26.8 Å². The molecule has 108 valence electrons. The number of benzene rings is 1. The minimum absolute atomic E-state index is 0. The van der Waals surface area contributed by atoms with E-state index in [9.17, 15) is 4.79 Å². The van der Waals surface area contributed by atoms with E-state index in [1.165, 1.54) is 5.56 Å². The molecule has 0 saturated heterocycles. The summed E-state index contributed by atoms with van der Waals surface area (Å²) in [7, 11) is 0. The molecule has 1 aromatic rings. The van der Waals surface area contributed by atoms with Crippen LogP contribution in [0, 0.1) is 0 Å². The summed E-state index contributed by atoms with van der Waals surface area (Å²) in [5.74, 6) is -0.0301. The van der Waals surface area contributed by atoms with Crippen molar-refractivity contribution >= 4 is 24.0 Å². The van der Waals surface area contributed by atoms with Gasteiger partial charge in [-0.05, 0) is 30.8 Å². The number of anilines is 1. The van der Waals surface area contributed by atoms with E-state index in [0.29, 0.717) is 13.0 Å². The number of hydrogen-bond donors (Lipinski definition) is 2. The molecule has 0 radical (unpaired) electrons. The van der Waals surface area contributed by atoms with Crippen LogP contribution in [0.1, 0.15) is 25.8 Å². The molecule has 0 aromatic heterocycles. The number of nitrogens with two attached hydrogens (primary N) is 1. The highest BCUT2D eigenvalue weighted by atomic mass is 35.5. The highest BCUT2D eigenvalue weighted by molar-refractivity contribution is 5.90. The number of nitrogens with zero attached hydrogens (tertiary/aromatic N) is 1. The van der Waals surface area contributed by atoms with E-state index in [1.54, 1.807) is 0 Å². The van der Waals surface area contributed by atoms with Gasteiger partial charge in [-0.1, -0.05) is 26.0 Å². The summed E-state index contributed by atoms with van der Waals surface area (Å²) >= 11 is 0. The third kappa shape index (κ3) is 6.57. The molecule has 0 aliphatic carbocycles. The average Bonchev–Trinajstić information content (AvgIpc) is 2.36. The van der Waals surface area contributed by atoms with Crippen molar-refractivity contribution in [3.8, 4) is 0 Å². The van der Waals surface area contributed by atoms with Gasteiger partial charge in [-0.3, -0.25) is 9.69 Å². The lowest BCUT2D eigenvalue weighted by atomic mass is 10.2. The summed E-state index contributed by atoms with van der Waals surface area (Å²) in [6.45, 7) is 7.64. The van der Waals surface area contributed by atoms with Crippen LogP contribution in [0.4, 0.5) is 5.69 Å². The molecule has 0 spiro atoms. The average molecular weight is 286 g/mol. The van der Waals surface area contributed by atoms with E-state index >= 15 is 0 Å². The van der Waals surface area contributed by atoms with Crippen molar-refractivity contribution in [3.63, 3.8) is 0 Å². The van der Waals surface area contributed by atoms with Crippen molar-refractivity contribution in [2.24, 2.45) is 5.73 Å². The monoisotopic (exact) mass is 285 g/mol. The lowest BCUT2D eigenvalue weighted by Crippen LogP contribution is -2.22. The first kappa shape index (κ1) is 17.9. The molecule has 3 N–H and O–H groups in total. The van der Waals surface area contributed by atoms with Crippen LogP contribution in [-0.4, -0.2) is 30.4 Å². The van der Waals surface area contributed by atoms with Gasteiger partial charge in [0.1, 0.15) is 0 Å².